The maximum atomic E-state index is 4.88. The fourth-order valence-electron chi connectivity index (χ4n) is 3.42. The predicted octanol–water partition coefficient (Wildman–Crippen LogP) is 5.01. The Labute approximate surface area is 157 Å². The van der Waals surface area contributed by atoms with Gasteiger partial charge in [0.2, 0.25) is 0 Å². The Morgan fingerprint density at radius 2 is 1.48 bits per heavy atom. The van der Waals surface area contributed by atoms with Gasteiger partial charge in [-0.15, -0.1) is 0 Å². The fourth-order valence-corrected chi connectivity index (χ4v) is 3.42. The standard InChI is InChI=1S/C22H19N5/c1-15-9-11-17(12-10-15)24-22-21(25-19-8-4-6-14-27(19)22)20-18-7-3-5-13-26(18)16(2)23-20/h3-14,24H,1-2H3. The van der Waals surface area contributed by atoms with E-state index in [1.165, 1.54) is 5.56 Å². The Morgan fingerprint density at radius 1 is 0.741 bits per heavy atom. The van der Waals surface area contributed by atoms with Crippen LogP contribution in [0.25, 0.3) is 22.6 Å². The van der Waals surface area contributed by atoms with Crippen LogP contribution in [0.3, 0.4) is 0 Å². The second-order valence-electron chi connectivity index (χ2n) is 6.69. The van der Waals surface area contributed by atoms with E-state index in [1.54, 1.807) is 0 Å². The summed E-state index contributed by atoms with van der Waals surface area (Å²) in [6.45, 7) is 4.10. The first-order valence-electron chi connectivity index (χ1n) is 8.95. The molecular formula is C22H19N5. The number of rotatable bonds is 3. The summed E-state index contributed by atoms with van der Waals surface area (Å²) in [6.07, 6.45) is 4.05. The minimum absolute atomic E-state index is 0.846. The van der Waals surface area contributed by atoms with E-state index in [0.29, 0.717) is 0 Å². The highest BCUT2D eigenvalue weighted by Gasteiger charge is 2.19. The molecule has 0 saturated heterocycles. The van der Waals surface area contributed by atoms with Gasteiger partial charge in [0.1, 0.15) is 28.7 Å². The van der Waals surface area contributed by atoms with Crippen molar-refractivity contribution >= 4 is 22.7 Å². The first-order chi connectivity index (χ1) is 13.2. The molecule has 4 heterocycles. The lowest BCUT2D eigenvalue weighted by molar-refractivity contribution is 1.04. The third-order valence-electron chi connectivity index (χ3n) is 4.79. The zero-order valence-electron chi connectivity index (χ0n) is 15.2. The molecule has 4 aromatic heterocycles. The van der Waals surface area contributed by atoms with Gasteiger partial charge in [0.25, 0.3) is 0 Å². The van der Waals surface area contributed by atoms with Crippen molar-refractivity contribution in [3.8, 4) is 11.4 Å². The highest BCUT2D eigenvalue weighted by atomic mass is 15.1. The smallest absolute Gasteiger partial charge is 0.145 e. The van der Waals surface area contributed by atoms with E-state index in [-0.39, 0.29) is 0 Å². The molecule has 0 aliphatic heterocycles. The summed E-state index contributed by atoms with van der Waals surface area (Å²) in [5.41, 5.74) is 5.91. The number of benzene rings is 1. The van der Waals surface area contributed by atoms with Gasteiger partial charge in [-0.2, -0.15) is 0 Å². The Hall–Kier alpha value is -3.60. The SMILES string of the molecule is Cc1ccc(Nc2c(-c3nc(C)n4ccccc34)nc3ccccn23)cc1. The van der Waals surface area contributed by atoms with E-state index < -0.39 is 0 Å². The number of aryl methyl sites for hydroxylation is 2. The molecule has 132 valence electrons. The molecule has 0 atom stereocenters. The normalized spacial score (nSPS) is 11.3. The highest BCUT2D eigenvalue weighted by Crippen LogP contribution is 2.33. The number of pyridine rings is 2. The second kappa shape index (κ2) is 5.99. The number of nitrogens with zero attached hydrogens (tertiary/aromatic N) is 4. The lowest BCUT2D eigenvalue weighted by atomic mass is 10.2. The number of fused-ring (bicyclic) bond motifs is 2. The molecule has 5 rings (SSSR count). The molecule has 0 saturated carbocycles. The molecule has 0 fully saturated rings. The van der Waals surface area contributed by atoms with Gasteiger partial charge in [-0.25, -0.2) is 9.97 Å². The zero-order chi connectivity index (χ0) is 18.4. The summed E-state index contributed by atoms with van der Waals surface area (Å²) in [5.74, 6) is 1.86. The largest absolute Gasteiger partial charge is 0.339 e. The topological polar surface area (TPSA) is 46.6 Å². The maximum absolute atomic E-state index is 4.88. The van der Waals surface area contributed by atoms with Gasteiger partial charge < -0.3 is 9.72 Å². The summed E-state index contributed by atoms with van der Waals surface area (Å²) in [4.78, 5) is 9.70. The van der Waals surface area contributed by atoms with Crippen LogP contribution in [0.15, 0.2) is 73.1 Å². The van der Waals surface area contributed by atoms with Crippen LogP contribution in [0.5, 0.6) is 0 Å². The van der Waals surface area contributed by atoms with E-state index in [2.05, 4.69) is 51.4 Å². The number of imidazole rings is 2. The average molecular weight is 353 g/mol. The molecule has 0 aliphatic carbocycles. The van der Waals surface area contributed by atoms with Crippen molar-refractivity contribution in [3.63, 3.8) is 0 Å². The summed E-state index contributed by atoms with van der Waals surface area (Å²) < 4.78 is 4.16. The molecule has 5 aromatic rings. The molecule has 5 heteroatoms. The molecule has 1 aromatic carbocycles. The van der Waals surface area contributed by atoms with Crippen molar-refractivity contribution in [2.75, 3.05) is 5.32 Å². The molecule has 0 spiro atoms. The van der Waals surface area contributed by atoms with Gasteiger partial charge in [-0.3, -0.25) is 4.40 Å². The van der Waals surface area contributed by atoms with E-state index >= 15 is 0 Å². The van der Waals surface area contributed by atoms with Crippen LogP contribution in [0.1, 0.15) is 11.4 Å². The van der Waals surface area contributed by atoms with E-state index in [1.807, 2.05) is 49.6 Å². The van der Waals surface area contributed by atoms with E-state index in [9.17, 15) is 0 Å². The van der Waals surface area contributed by atoms with Gasteiger partial charge >= 0.3 is 0 Å². The zero-order valence-corrected chi connectivity index (χ0v) is 15.2. The van der Waals surface area contributed by atoms with Crippen molar-refractivity contribution < 1.29 is 0 Å². The van der Waals surface area contributed by atoms with Crippen molar-refractivity contribution in [3.05, 3.63) is 84.4 Å². The average Bonchev–Trinajstić information content (AvgIpc) is 3.22. The molecule has 5 nitrogen and oxygen atoms in total. The Bertz CT molecular complexity index is 1260. The van der Waals surface area contributed by atoms with Gasteiger partial charge in [-0.05, 0) is 50.2 Å². The van der Waals surface area contributed by atoms with Crippen LogP contribution in [0.4, 0.5) is 11.5 Å². The van der Waals surface area contributed by atoms with Crippen molar-refractivity contribution in [2.24, 2.45) is 0 Å². The third kappa shape index (κ3) is 2.56. The number of hydrogen-bond donors (Lipinski definition) is 1. The fraction of sp³-hybridized carbons (Fsp3) is 0.0909. The molecule has 0 bridgehead atoms. The first-order valence-corrected chi connectivity index (χ1v) is 8.95. The summed E-state index contributed by atoms with van der Waals surface area (Å²) >= 11 is 0. The van der Waals surface area contributed by atoms with Crippen LogP contribution in [0.2, 0.25) is 0 Å². The van der Waals surface area contributed by atoms with Gasteiger partial charge in [0.05, 0.1) is 5.52 Å². The minimum atomic E-state index is 0.846. The Morgan fingerprint density at radius 3 is 2.30 bits per heavy atom. The quantitative estimate of drug-likeness (QED) is 0.496. The van der Waals surface area contributed by atoms with Crippen LogP contribution in [-0.4, -0.2) is 18.8 Å². The minimum Gasteiger partial charge on any atom is -0.339 e. The maximum Gasteiger partial charge on any atom is 0.145 e. The van der Waals surface area contributed by atoms with Crippen LogP contribution >= 0.6 is 0 Å². The van der Waals surface area contributed by atoms with Gasteiger partial charge in [0, 0.05) is 18.1 Å². The number of nitrogens with one attached hydrogen (secondary N) is 1. The summed E-state index contributed by atoms with van der Waals surface area (Å²) in [6, 6.07) is 20.5. The van der Waals surface area contributed by atoms with Crippen LogP contribution in [-0.2, 0) is 0 Å². The summed E-state index contributed by atoms with van der Waals surface area (Å²) in [7, 11) is 0. The molecular weight excluding hydrogens is 334 g/mol. The Kier molecular flexibility index (Phi) is 3.47. The van der Waals surface area contributed by atoms with Gasteiger partial charge in [-0.1, -0.05) is 29.8 Å². The lowest BCUT2D eigenvalue weighted by Crippen LogP contribution is -1.97. The molecule has 1 N–H and O–H groups in total. The summed E-state index contributed by atoms with van der Waals surface area (Å²) in [5, 5.41) is 3.55. The second-order valence-corrected chi connectivity index (χ2v) is 6.69. The number of aromatic nitrogens is 4. The molecule has 27 heavy (non-hydrogen) atoms. The van der Waals surface area contributed by atoms with Crippen LogP contribution in [0, 0.1) is 13.8 Å². The lowest BCUT2D eigenvalue weighted by Gasteiger charge is -2.08. The highest BCUT2D eigenvalue weighted by molar-refractivity contribution is 5.86. The Balaban J connectivity index is 1.75. The van der Waals surface area contributed by atoms with Crippen molar-refractivity contribution in [2.45, 2.75) is 13.8 Å². The monoisotopic (exact) mass is 353 g/mol. The van der Waals surface area contributed by atoms with Gasteiger partial charge in [0.15, 0.2) is 0 Å². The number of hydrogen-bond acceptors (Lipinski definition) is 3. The van der Waals surface area contributed by atoms with Crippen molar-refractivity contribution in [1.82, 2.24) is 18.8 Å². The third-order valence-corrected chi connectivity index (χ3v) is 4.79. The van der Waals surface area contributed by atoms with E-state index in [0.717, 1.165) is 39.9 Å². The van der Waals surface area contributed by atoms with E-state index in [4.69, 9.17) is 9.97 Å². The van der Waals surface area contributed by atoms with Crippen LogP contribution < -0.4 is 5.32 Å². The molecule has 0 unspecified atom stereocenters. The molecule has 0 radical (unpaired) electrons. The van der Waals surface area contributed by atoms with Crippen molar-refractivity contribution in [1.29, 1.82) is 0 Å². The first kappa shape index (κ1) is 15.6. The molecule has 0 aliphatic rings. The molecule has 0 amide bonds. The number of anilines is 2. The predicted molar refractivity (Wildman–Crippen MR) is 109 cm³/mol.